The second kappa shape index (κ2) is 10.2. The Labute approximate surface area is 154 Å². The van der Waals surface area contributed by atoms with Crippen molar-refractivity contribution < 1.29 is 23.1 Å². The number of rotatable bonds is 10. The predicted molar refractivity (Wildman–Crippen MR) is 98.6 cm³/mol. The molecule has 9 heteroatoms. The lowest BCUT2D eigenvalue weighted by Crippen LogP contribution is -2.50. The van der Waals surface area contributed by atoms with E-state index in [1.165, 1.54) is 11.9 Å². The zero-order valence-electron chi connectivity index (χ0n) is 15.4. The van der Waals surface area contributed by atoms with E-state index < -0.39 is 22.0 Å². The van der Waals surface area contributed by atoms with Crippen LogP contribution >= 0.6 is 0 Å². The van der Waals surface area contributed by atoms with Gasteiger partial charge in [-0.2, -0.15) is 4.31 Å². The highest BCUT2D eigenvalue weighted by atomic mass is 32.2. The molecule has 146 valence electrons. The van der Waals surface area contributed by atoms with Gasteiger partial charge in [0.1, 0.15) is 6.04 Å². The van der Waals surface area contributed by atoms with E-state index in [1.807, 2.05) is 30.3 Å². The summed E-state index contributed by atoms with van der Waals surface area (Å²) in [5.74, 6) is -0.823. The summed E-state index contributed by atoms with van der Waals surface area (Å²) in [6.07, 6.45) is 1.44. The van der Waals surface area contributed by atoms with Gasteiger partial charge in [-0.1, -0.05) is 30.3 Å². The Morgan fingerprint density at radius 1 is 1.23 bits per heavy atom. The molecule has 1 rings (SSSR count). The maximum Gasteiger partial charge on any atom is 0.242 e. The topological polar surface area (TPSA) is 107 Å². The van der Waals surface area contributed by atoms with Gasteiger partial charge in [0.15, 0.2) is 0 Å². The van der Waals surface area contributed by atoms with Crippen LogP contribution in [0.3, 0.4) is 0 Å². The molecule has 0 fully saturated rings. The molecular weight excluding hydrogens is 358 g/mol. The van der Waals surface area contributed by atoms with Crippen molar-refractivity contribution in [2.45, 2.75) is 25.9 Å². The third-order valence-electron chi connectivity index (χ3n) is 3.92. The minimum atomic E-state index is -3.51. The first-order chi connectivity index (χ1) is 12.2. The first-order valence-electron chi connectivity index (χ1n) is 8.30. The van der Waals surface area contributed by atoms with E-state index >= 15 is 0 Å². The number of sulfonamides is 1. The van der Waals surface area contributed by atoms with Gasteiger partial charge in [-0.15, -0.1) is 0 Å². The van der Waals surface area contributed by atoms with Gasteiger partial charge in [-0.25, -0.2) is 8.42 Å². The maximum absolute atomic E-state index is 12.7. The largest absolute Gasteiger partial charge is 0.396 e. The van der Waals surface area contributed by atoms with Crippen LogP contribution in [0.2, 0.25) is 0 Å². The van der Waals surface area contributed by atoms with Crippen molar-refractivity contribution in [1.29, 1.82) is 0 Å². The van der Waals surface area contributed by atoms with Gasteiger partial charge in [-0.3, -0.25) is 9.59 Å². The second-order valence-corrected chi connectivity index (χ2v) is 8.16. The lowest BCUT2D eigenvalue weighted by Gasteiger charge is -2.30. The number of nitrogens with zero attached hydrogens (tertiary/aromatic N) is 2. The average molecular weight is 385 g/mol. The second-order valence-electron chi connectivity index (χ2n) is 6.07. The molecule has 2 N–H and O–H groups in total. The van der Waals surface area contributed by atoms with Crippen LogP contribution in [0.25, 0.3) is 0 Å². The van der Waals surface area contributed by atoms with E-state index in [0.717, 1.165) is 16.1 Å². The third-order valence-corrected chi connectivity index (χ3v) is 5.18. The predicted octanol–water partition coefficient (Wildman–Crippen LogP) is -0.206. The number of carbonyl (C=O) groups is 2. The molecule has 0 radical (unpaired) electrons. The maximum atomic E-state index is 12.7. The highest BCUT2D eigenvalue weighted by Crippen LogP contribution is 2.10. The fraction of sp³-hybridized carbons (Fsp3) is 0.529. The summed E-state index contributed by atoms with van der Waals surface area (Å²) in [4.78, 5) is 26.4. The summed E-state index contributed by atoms with van der Waals surface area (Å²) in [7, 11) is -2.19. The monoisotopic (exact) mass is 385 g/mol. The first-order valence-corrected chi connectivity index (χ1v) is 10.1. The number of amides is 2. The van der Waals surface area contributed by atoms with Crippen LogP contribution in [0.1, 0.15) is 18.9 Å². The van der Waals surface area contributed by atoms with Crippen molar-refractivity contribution in [3.8, 4) is 0 Å². The van der Waals surface area contributed by atoms with Crippen molar-refractivity contribution in [2.75, 3.05) is 33.0 Å². The Morgan fingerprint density at radius 2 is 1.85 bits per heavy atom. The summed E-state index contributed by atoms with van der Waals surface area (Å²) in [6.45, 7) is 1.69. The third kappa shape index (κ3) is 7.11. The summed E-state index contributed by atoms with van der Waals surface area (Å²) in [5, 5.41) is 11.5. The standard InChI is InChI=1S/C17H27N3O5S/c1-14(17(23)18-10-7-11-21)20(12-15-8-5-4-6-9-15)16(22)13-19(2)26(3,24)25/h4-6,8-9,14,21H,7,10-13H2,1-3H3,(H,18,23)/t14-/m1/s1. The van der Waals surface area contributed by atoms with Crippen molar-refractivity contribution >= 4 is 21.8 Å². The van der Waals surface area contributed by atoms with Crippen molar-refractivity contribution in [3.05, 3.63) is 35.9 Å². The molecule has 0 unspecified atom stereocenters. The zero-order chi connectivity index (χ0) is 19.7. The molecule has 26 heavy (non-hydrogen) atoms. The lowest BCUT2D eigenvalue weighted by molar-refractivity contribution is -0.140. The van der Waals surface area contributed by atoms with Gasteiger partial charge >= 0.3 is 0 Å². The number of benzene rings is 1. The van der Waals surface area contributed by atoms with Crippen LogP contribution < -0.4 is 5.32 Å². The summed E-state index contributed by atoms with van der Waals surface area (Å²) in [5.41, 5.74) is 0.831. The van der Waals surface area contributed by atoms with Gasteiger partial charge in [0.25, 0.3) is 0 Å². The van der Waals surface area contributed by atoms with E-state index in [2.05, 4.69) is 5.32 Å². The molecule has 0 bridgehead atoms. The molecule has 0 aliphatic rings. The van der Waals surface area contributed by atoms with Crippen LogP contribution in [-0.2, 0) is 26.2 Å². The molecular formula is C17H27N3O5S. The molecule has 1 atom stereocenters. The van der Waals surface area contributed by atoms with Gasteiger partial charge in [-0.05, 0) is 18.9 Å². The van der Waals surface area contributed by atoms with Gasteiger partial charge in [0.2, 0.25) is 21.8 Å². The van der Waals surface area contributed by atoms with Crippen molar-refractivity contribution in [1.82, 2.24) is 14.5 Å². The van der Waals surface area contributed by atoms with Crippen LogP contribution in [-0.4, -0.2) is 73.6 Å². The average Bonchev–Trinajstić information content (AvgIpc) is 2.59. The summed E-state index contributed by atoms with van der Waals surface area (Å²) >= 11 is 0. The molecule has 0 aromatic heterocycles. The van der Waals surface area contributed by atoms with E-state index in [9.17, 15) is 18.0 Å². The molecule has 1 aromatic rings. The highest BCUT2D eigenvalue weighted by Gasteiger charge is 2.28. The highest BCUT2D eigenvalue weighted by molar-refractivity contribution is 7.88. The van der Waals surface area contributed by atoms with Crippen molar-refractivity contribution in [3.63, 3.8) is 0 Å². The Bertz CT molecular complexity index is 694. The SMILES string of the molecule is C[C@H](C(=O)NCCCO)N(Cc1ccccc1)C(=O)CN(C)S(C)(=O)=O. The molecule has 2 amide bonds. The number of hydrogen-bond acceptors (Lipinski definition) is 5. The molecule has 0 saturated heterocycles. The fourth-order valence-corrected chi connectivity index (χ4v) is 2.54. The van der Waals surface area contributed by atoms with E-state index in [-0.39, 0.29) is 25.6 Å². The van der Waals surface area contributed by atoms with E-state index in [1.54, 1.807) is 6.92 Å². The number of carbonyl (C=O) groups excluding carboxylic acids is 2. The van der Waals surface area contributed by atoms with Crippen LogP contribution in [0.4, 0.5) is 0 Å². The molecule has 8 nitrogen and oxygen atoms in total. The summed E-state index contributed by atoms with van der Waals surface area (Å²) < 4.78 is 24.1. The zero-order valence-corrected chi connectivity index (χ0v) is 16.2. The smallest absolute Gasteiger partial charge is 0.242 e. The molecule has 0 saturated carbocycles. The van der Waals surface area contributed by atoms with Crippen LogP contribution in [0.5, 0.6) is 0 Å². The number of aliphatic hydroxyl groups excluding tert-OH is 1. The van der Waals surface area contributed by atoms with Gasteiger partial charge in [0.05, 0.1) is 12.8 Å². The van der Waals surface area contributed by atoms with Gasteiger partial charge in [0, 0.05) is 26.7 Å². The molecule has 1 aromatic carbocycles. The number of aliphatic hydroxyl groups is 1. The normalized spacial score (nSPS) is 12.7. The molecule has 0 aliphatic heterocycles. The first kappa shape index (κ1) is 22.1. The van der Waals surface area contributed by atoms with Gasteiger partial charge < -0.3 is 15.3 Å². The quantitative estimate of drug-likeness (QED) is 0.542. The van der Waals surface area contributed by atoms with Crippen LogP contribution in [0.15, 0.2) is 30.3 Å². The molecule has 0 spiro atoms. The Morgan fingerprint density at radius 3 is 2.38 bits per heavy atom. The summed E-state index contributed by atoms with van der Waals surface area (Å²) in [6, 6.07) is 8.37. The Balaban J connectivity index is 2.93. The van der Waals surface area contributed by atoms with Crippen LogP contribution in [0, 0.1) is 0 Å². The number of hydrogen-bond donors (Lipinski definition) is 2. The lowest BCUT2D eigenvalue weighted by atomic mass is 10.1. The Hall–Kier alpha value is -1.97. The Kier molecular flexibility index (Phi) is 8.70. The number of nitrogens with one attached hydrogen (secondary N) is 1. The van der Waals surface area contributed by atoms with Crippen molar-refractivity contribution in [2.24, 2.45) is 0 Å². The minimum absolute atomic E-state index is 0.0412. The van der Waals surface area contributed by atoms with E-state index in [4.69, 9.17) is 5.11 Å². The number of likely N-dealkylation sites (N-methyl/N-ethyl adjacent to an activating group) is 1. The van der Waals surface area contributed by atoms with E-state index in [0.29, 0.717) is 13.0 Å². The fourth-order valence-electron chi connectivity index (χ4n) is 2.20. The molecule has 0 heterocycles. The minimum Gasteiger partial charge on any atom is -0.396 e. The molecule has 0 aliphatic carbocycles.